The van der Waals surface area contributed by atoms with Crippen molar-refractivity contribution in [2.24, 2.45) is 5.10 Å². The van der Waals surface area contributed by atoms with E-state index in [1.165, 1.54) is 19.2 Å². The summed E-state index contributed by atoms with van der Waals surface area (Å²) in [5, 5.41) is 15.7. The van der Waals surface area contributed by atoms with Gasteiger partial charge >= 0.3 is 0 Å². The van der Waals surface area contributed by atoms with Gasteiger partial charge in [-0.15, -0.1) is 0 Å². The van der Waals surface area contributed by atoms with E-state index in [4.69, 9.17) is 0 Å². The highest BCUT2D eigenvalue weighted by Gasteiger charge is 2.05. The zero-order chi connectivity index (χ0) is 15.9. The van der Waals surface area contributed by atoms with Gasteiger partial charge in [0.15, 0.2) is 0 Å². The van der Waals surface area contributed by atoms with Crippen molar-refractivity contribution < 1.29 is 14.7 Å². The van der Waals surface area contributed by atoms with Crippen LogP contribution in [0.4, 0.5) is 5.69 Å². The maximum absolute atomic E-state index is 12.0. The van der Waals surface area contributed by atoms with E-state index in [9.17, 15) is 14.7 Å². The van der Waals surface area contributed by atoms with E-state index in [1.807, 2.05) is 0 Å². The highest BCUT2D eigenvalue weighted by atomic mass is 16.3. The molecule has 0 bridgehead atoms. The topological polar surface area (TPSA) is 90.8 Å². The summed E-state index contributed by atoms with van der Waals surface area (Å²) in [5.74, 6) is -0.485. The van der Waals surface area contributed by atoms with E-state index in [1.54, 1.807) is 42.5 Å². The van der Waals surface area contributed by atoms with Gasteiger partial charge < -0.3 is 10.4 Å². The number of carbonyl (C=O) groups is 2. The summed E-state index contributed by atoms with van der Waals surface area (Å²) in [7, 11) is 0. The quantitative estimate of drug-likeness (QED) is 0.596. The van der Waals surface area contributed by atoms with Gasteiger partial charge in [-0.05, 0) is 35.9 Å². The fourth-order valence-corrected chi connectivity index (χ4v) is 1.78. The first-order valence-corrected chi connectivity index (χ1v) is 6.55. The first kappa shape index (κ1) is 15.2. The fourth-order valence-electron chi connectivity index (χ4n) is 1.78. The number of benzene rings is 2. The molecule has 0 heterocycles. The molecule has 0 aliphatic rings. The van der Waals surface area contributed by atoms with Gasteiger partial charge in [0, 0.05) is 18.2 Å². The van der Waals surface area contributed by atoms with Crippen LogP contribution >= 0.6 is 0 Å². The van der Waals surface area contributed by atoms with Crippen molar-refractivity contribution in [3.63, 3.8) is 0 Å². The summed E-state index contributed by atoms with van der Waals surface area (Å²) >= 11 is 0. The molecule has 0 aliphatic carbocycles. The predicted octanol–water partition coefficient (Wildman–Crippen LogP) is 2.11. The van der Waals surface area contributed by atoms with Crippen molar-refractivity contribution in [2.45, 2.75) is 6.92 Å². The molecule has 0 saturated heterocycles. The summed E-state index contributed by atoms with van der Waals surface area (Å²) in [6.07, 6.45) is 1.43. The molecule has 0 unspecified atom stereocenters. The van der Waals surface area contributed by atoms with Gasteiger partial charge in [-0.1, -0.05) is 18.2 Å². The van der Waals surface area contributed by atoms with Gasteiger partial charge in [-0.2, -0.15) is 5.10 Å². The summed E-state index contributed by atoms with van der Waals surface area (Å²) in [6.45, 7) is 1.40. The number of phenols is 1. The van der Waals surface area contributed by atoms with Gasteiger partial charge in [0.1, 0.15) is 5.75 Å². The molecule has 0 aliphatic heterocycles. The summed E-state index contributed by atoms with van der Waals surface area (Å²) < 4.78 is 0. The third-order valence-corrected chi connectivity index (χ3v) is 2.70. The number of nitrogens with zero attached hydrogens (tertiary/aromatic N) is 1. The van der Waals surface area contributed by atoms with Crippen LogP contribution in [0.15, 0.2) is 53.6 Å². The van der Waals surface area contributed by atoms with Gasteiger partial charge in [0.25, 0.3) is 5.91 Å². The number of anilines is 1. The zero-order valence-corrected chi connectivity index (χ0v) is 11.9. The van der Waals surface area contributed by atoms with Crippen LogP contribution in [0, 0.1) is 0 Å². The lowest BCUT2D eigenvalue weighted by atomic mass is 10.2. The Morgan fingerprint density at radius 1 is 1.14 bits per heavy atom. The van der Waals surface area contributed by atoms with E-state index in [0.29, 0.717) is 16.8 Å². The lowest BCUT2D eigenvalue weighted by Gasteiger charge is -2.04. The van der Waals surface area contributed by atoms with E-state index >= 15 is 0 Å². The first-order valence-electron chi connectivity index (χ1n) is 6.55. The largest absolute Gasteiger partial charge is 0.508 e. The Hall–Kier alpha value is -3.15. The van der Waals surface area contributed by atoms with Gasteiger partial charge in [-0.3, -0.25) is 9.59 Å². The Bertz CT molecular complexity index is 726. The highest BCUT2D eigenvalue weighted by Crippen LogP contribution is 2.11. The number of hydrogen-bond donors (Lipinski definition) is 3. The van der Waals surface area contributed by atoms with E-state index < -0.39 is 5.91 Å². The number of aromatic hydroxyl groups is 1. The van der Waals surface area contributed by atoms with Crippen molar-refractivity contribution >= 4 is 23.7 Å². The second kappa shape index (κ2) is 7.03. The van der Waals surface area contributed by atoms with Crippen LogP contribution in [0.5, 0.6) is 5.75 Å². The van der Waals surface area contributed by atoms with E-state index in [-0.39, 0.29) is 11.7 Å². The normalized spacial score (nSPS) is 10.4. The zero-order valence-electron chi connectivity index (χ0n) is 11.9. The average molecular weight is 297 g/mol. The smallest absolute Gasteiger partial charge is 0.271 e. The van der Waals surface area contributed by atoms with E-state index in [2.05, 4.69) is 15.8 Å². The van der Waals surface area contributed by atoms with Crippen molar-refractivity contribution in [3.8, 4) is 5.75 Å². The molecule has 0 spiro atoms. The summed E-state index contributed by atoms with van der Waals surface area (Å²) in [4.78, 5) is 22.9. The Balaban J connectivity index is 2.01. The van der Waals surface area contributed by atoms with Crippen LogP contribution in [0.25, 0.3) is 0 Å². The van der Waals surface area contributed by atoms with E-state index in [0.717, 1.165) is 0 Å². The number of nitrogens with one attached hydrogen (secondary N) is 2. The van der Waals surface area contributed by atoms with Crippen molar-refractivity contribution in [3.05, 3.63) is 59.7 Å². The molecular formula is C16H15N3O3. The fraction of sp³-hybridized carbons (Fsp3) is 0.0625. The Kier molecular flexibility index (Phi) is 4.87. The van der Waals surface area contributed by atoms with Crippen molar-refractivity contribution in [1.29, 1.82) is 0 Å². The molecule has 0 fully saturated rings. The summed E-state index contributed by atoms with van der Waals surface area (Å²) in [6, 6.07) is 13.0. The Labute approximate surface area is 127 Å². The SMILES string of the molecule is CC(=O)Nc1cccc(C(=O)NN=Cc2cccc(O)c2)c1. The molecule has 0 saturated carbocycles. The molecule has 6 nitrogen and oxygen atoms in total. The first-order chi connectivity index (χ1) is 10.5. The maximum Gasteiger partial charge on any atom is 0.271 e. The number of amides is 2. The van der Waals surface area contributed by atoms with Crippen LogP contribution in [-0.2, 0) is 4.79 Å². The maximum atomic E-state index is 12.0. The molecular weight excluding hydrogens is 282 g/mol. The third kappa shape index (κ3) is 4.45. The number of phenolic OH excluding ortho intramolecular Hbond substituents is 1. The minimum absolute atomic E-state index is 0.123. The van der Waals surface area contributed by atoms with Crippen molar-refractivity contribution in [1.82, 2.24) is 5.43 Å². The second-order valence-corrected chi connectivity index (χ2v) is 4.56. The van der Waals surface area contributed by atoms with Gasteiger partial charge in [-0.25, -0.2) is 5.43 Å². The number of rotatable bonds is 4. The molecule has 0 aromatic heterocycles. The standard InChI is InChI=1S/C16H15N3O3/c1-11(20)18-14-6-3-5-13(9-14)16(22)19-17-10-12-4-2-7-15(21)8-12/h2-10,21H,1H3,(H,18,20)(H,19,22). The second-order valence-electron chi connectivity index (χ2n) is 4.56. The highest BCUT2D eigenvalue weighted by molar-refractivity contribution is 5.97. The van der Waals surface area contributed by atoms with Gasteiger partial charge in [0.05, 0.1) is 6.21 Å². The van der Waals surface area contributed by atoms with Gasteiger partial charge in [0.2, 0.25) is 5.91 Å². The molecule has 2 aromatic rings. The Morgan fingerprint density at radius 2 is 1.91 bits per heavy atom. The van der Waals surface area contributed by atoms with Crippen LogP contribution in [0.1, 0.15) is 22.8 Å². The monoisotopic (exact) mass is 297 g/mol. The Morgan fingerprint density at radius 3 is 2.64 bits per heavy atom. The number of hydrazone groups is 1. The number of carbonyl (C=O) groups excluding carboxylic acids is 2. The molecule has 0 radical (unpaired) electrons. The molecule has 22 heavy (non-hydrogen) atoms. The molecule has 0 atom stereocenters. The molecule has 6 heteroatoms. The van der Waals surface area contributed by atoms with Crippen molar-refractivity contribution in [2.75, 3.05) is 5.32 Å². The van der Waals surface area contributed by atoms with Crippen LogP contribution < -0.4 is 10.7 Å². The van der Waals surface area contributed by atoms with Crippen LogP contribution in [0.2, 0.25) is 0 Å². The minimum Gasteiger partial charge on any atom is -0.508 e. The molecule has 3 N–H and O–H groups in total. The third-order valence-electron chi connectivity index (χ3n) is 2.70. The predicted molar refractivity (Wildman–Crippen MR) is 83.9 cm³/mol. The van der Waals surface area contributed by atoms with Crippen LogP contribution in [-0.4, -0.2) is 23.1 Å². The lowest BCUT2D eigenvalue weighted by molar-refractivity contribution is -0.114. The lowest BCUT2D eigenvalue weighted by Crippen LogP contribution is -2.18. The minimum atomic E-state index is -0.399. The molecule has 2 aromatic carbocycles. The van der Waals surface area contributed by atoms with Crippen LogP contribution in [0.3, 0.4) is 0 Å². The summed E-state index contributed by atoms with van der Waals surface area (Å²) in [5.41, 5.74) is 3.96. The molecule has 112 valence electrons. The molecule has 2 rings (SSSR count). The molecule has 2 amide bonds. The number of hydrogen-bond acceptors (Lipinski definition) is 4. The average Bonchev–Trinajstić information content (AvgIpc) is 2.47.